The minimum absolute atomic E-state index is 0.149. The highest BCUT2D eigenvalue weighted by Gasteiger charge is 2.47. The summed E-state index contributed by atoms with van der Waals surface area (Å²) in [6.07, 6.45) is 2.58. The van der Waals surface area contributed by atoms with Crippen molar-refractivity contribution in [1.29, 1.82) is 0 Å². The number of hydrogen-bond donors (Lipinski definition) is 2. The lowest BCUT2D eigenvalue weighted by Gasteiger charge is -2.38. The summed E-state index contributed by atoms with van der Waals surface area (Å²) in [5.41, 5.74) is -0.421. The molecule has 1 aromatic rings. The second-order valence-electron chi connectivity index (χ2n) is 7.25. The molecule has 2 aliphatic heterocycles. The van der Waals surface area contributed by atoms with Crippen LogP contribution in [0.5, 0.6) is 0 Å². The fourth-order valence-corrected chi connectivity index (χ4v) is 3.85. The van der Waals surface area contributed by atoms with Crippen LogP contribution >= 0.6 is 0 Å². The van der Waals surface area contributed by atoms with E-state index in [1.165, 1.54) is 4.90 Å². The van der Waals surface area contributed by atoms with Gasteiger partial charge in [-0.15, -0.1) is 0 Å². The number of amides is 3. The molecule has 7 heteroatoms. The smallest absolute Gasteiger partial charge is 0.329 e. The highest BCUT2D eigenvalue weighted by atomic mass is 16.4. The predicted octanol–water partition coefficient (Wildman–Crippen LogP) is 2.40. The molecule has 2 heterocycles. The summed E-state index contributed by atoms with van der Waals surface area (Å²) < 4.78 is 0. The van der Waals surface area contributed by atoms with Gasteiger partial charge in [0.1, 0.15) is 5.54 Å². The van der Waals surface area contributed by atoms with Crippen molar-refractivity contribution in [1.82, 2.24) is 9.80 Å². The molecule has 1 aromatic carbocycles. The fourth-order valence-electron chi connectivity index (χ4n) is 3.85. The normalized spacial score (nSPS) is 25.8. The Bertz CT molecular complexity index is 693. The van der Waals surface area contributed by atoms with E-state index in [4.69, 9.17) is 0 Å². The van der Waals surface area contributed by atoms with Crippen LogP contribution in [0.15, 0.2) is 30.3 Å². The van der Waals surface area contributed by atoms with Gasteiger partial charge in [0.05, 0.1) is 5.92 Å². The van der Waals surface area contributed by atoms with Gasteiger partial charge in [-0.25, -0.2) is 9.59 Å². The molecular formula is C19H25N3O4. The summed E-state index contributed by atoms with van der Waals surface area (Å²) in [6, 6.07) is 8.97. The number of urea groups is 1. The van der Waals surface area contributed by atoms with Gasteiger partial charge in [0.2, 0.25) is 5.91 Å². The third-order valence-corrected chi connectivity index (χ3v) is 5.45. The number of piperidine rings is 1. The van der Waals surface area contributed by atoms with E-state index in [1.54, 1.807) is 11.8 Å². The summed E-state index contributed by atoms with van der Waals surface area (Å²) in [5, 5.41) is 12.4. The Morgan fingerprint density at radius 3 is 2.58 bits per heavy atom. The van der Waals surface area contributed by atoms with Crippen LogP contribution in [0.1, 0.15) is 32.6 Å². The maximum Gasteiger partial charge on any atom is 0.329 e. The monoisotopic (exact) mass is 359 g/mol. The van der Waals surface area contributed by atoms with Gasteiger partial charge in [-0.1, -0.05) is 18.2 Å². The van der Waals surface area contributed by atoms with Gasteiger partial charge in [0.25, 0.3) is 0 Å². The number of rotatable bonds is 3. The van der Waals surface area contributed by atoms with Crippen LogP contribution < -0.4 is 5.32 Å². The van der Waals surface area contributed by atoms with Crippen molar-refractivity contribution in [3.8, 4) is 0 Å². The summed E-state index contributed by atoms with van der Waals surface area (Å²) in [5.74, 6) is -1.45. The highest BCUT2D eigenvalue weighted by molar-refractivity contribution is 5.91. The van der Waals surface area contributed by atoms with E-state index in [2.05, 4.69) is 5.32 Å². The summed E-state index contributed by atoms with van der Waals surface area (Å²) in [7, 11) is 0. The molecule has 0 saturated carbocycles. The summed E-state index contributed by atoms with van der Waals surface area (Å²) >= 11 is 0. The SMILES string of the molecule is CC1(C(=O)O)CCCN1C(=O)C1CCCN(C(=O)Nc2ccccc2)C1. The van der Waals surface area contributed by atoms with E-state index in [1.807, 2.05) is 30.3 Å². The molecular weight excluding hydrogens is 334 g/mol. The molecule has 2 unspecified atom stereocenters. The first-order valence-electron chi connectivity index (χ1n) is 9.07. The third-order valence-electron chi connectivity index (χ3n) is 5.45. The first kappa shape index (κ1) is 18.2. The summed E-state index contributed by atoms with van der Waals surface area (Å²) in [6.45, 7) is 3.00. The lowest BCUT2D eigenvalue weighted by Crippen LogP contribution is -2.55. The molecule has 2 atom stereocenters. The molecule has 2 saturated heterocycles. The minimum Gasteiger partial charge on any atom is -0.480 e. The number of carbonyl (C=O) groups excluding carboxylic acids is 2. The number of para-hydroxylation sites is 1. The van der Waals surface area contributed by atoms with Gasteiger partial charge >= 0.3 is 12.0 Å². The number of carboxylic acid groups (broad SMARTS) is 1. The zero-order chi connectivity index (χ0) is 18.7. The first-order valence-corrected chi connectivity index (χ1v) is 9.07. The number of aliphatic carboxylic acids is 1. The Kier molecular flexibility index (Phi) is 5.15. The molecule has 26 heavy (non-hydrogen) atoms. The van der Waals surface area contributed by atoms with Gasteiger partial charge in [0.15, 0.2) is 0 Å². The first-order chi connectivity index (χ1) is 12.4. The number of hydrogen-bond acceptors (Lipinski definition) is 3. The number of nitrogens with one attached hydrogen (secondary N) is 1. The highest BCUT2D eigenvalue weighted by Crippen LogP contribution is 2.32. The minimum atomic E-state index is -1.13. The maximum atomic E-state index is 13.0. The second-order valence-corrected chi connectivity index (χ2v) is 7.25. The van der Waals surface area contributed by atoms with Crippen LogP contribution in [-0.2, 0) is 9.59 Å². The van der Waals surface area contributed by atoms with Gasteiger partial charge < -0.3 is 20.2 Å². The quantitative estimate of drug-likeness (QED) is 0.867. The number of likely N-dealkylation sites (tertiary alicyclic amines) is 2. The van der Waals surface area contributed by atoms with E-state index >= 15 is 0 Å². The molecule has 2 fully saturated rings. The van der Waals surface area contributed by atoms with Gasteiger partial charge in [-0.3, -0.25) is 4.79 Å². The van der Waals surface area contributed by atoms with E-state index in [0.29, 0.717) is 44.6 Å². The van der Waals surface area contributed by atoms with Crippen molar-refractivity contribution in [2.75, 3.05) is 25.0 Å². The lowest BCUT2D eigenvalue weighted by atomic mass is 9.93. The molecule has 0 radical (unpaired) electrons. The Hall–Kier alpha value is -2.57. The Morgan fingerprint density at radius 1 is 1.15 bits per heavy atom. The maximum absolute atomic E-state index is 13.0. The number of nitrogens with zero attached hydrogens (tertiary/aromatic N) is 2. The van der Waals surface area contributed by atoms with Crippen molar-refractivity contribution in [3.63, 3.8) is 0 Å². The molecule has 140 valence electrons. The largest absolute Gasteiger partial charge is 0.480 e. The molecule has 7 nitrogen and oxygen atoms in total. The molecule has 0 aliphatic carbocycles. The molecule has 2 aliphatic rings. The van der Waals surface area contributed by atoms with E-state index in [-0.39, 0.29) is 17.9 Å². The van der Waals surface area contributed by atoms with Crippen LogP contribution in [0.2, 0.25) is 0 Å². The van der Waals surface area contributed by atoms with E-state index in [9.17, 15) is 19.5 Å². The molecule has 3 amide bonds. The van der Waals surface area contributed by atoms with Gasteiger partial charge in [0, 0.05) is 25.3 Å². The zero-order valence-electron chi connectivity index (χ0n) is 15.0. The molecule has 3 rings (SSSR count). The van der Waals surface area contributed by atoms with E-state index in [0.717, 1.165) is 6.42 Å². The van der Waals surface area contributed by atoms with E-state index < -0.39 is 11.5 Å². The average Bonchev–Trinajstić information content (AvgIpc) is 3.05. The zero-order valence-corrected chi connectivity index (χ0v) is 15.0. The third kappa shape index (κ3) is 3.52. The van der Waals surface area contributed by atoms with Crippen LogP contribution in [0.3, 0.4) is 0 Å². The fraction of sp³-hybridized carbons (Fsp3) is 0.526. The van der Waals surface area contributed by atoms with Crippen molar-refractivity contribution in [2.45, 2.75) is 38.1 Å². The van der Waals surface area contributed by atoms with Crippen LogP contribution in [0, 0.1) is 5.92 Å². The van der Waals surface area contributed by atoms with Crippen LogP contribution in [0.4, 0.5) is 10.5 Å². The molecule has 2 N–H and O–H groups in total. The number of carbonyl (C=O) groups is 3. The van der Waals surface area contributed by atoms with Crippen LogP contribution in [0.25, 0.3) is 0 Å². The van der Waals surface area contributed by atoms with Crippen molar-refractivity contribution in [3.05, 3.63) is 30.3 Å². The molecule has 0 spiro atoms. The average molecular weight is 359 g/mol. The predicted molar refractivity (Wildman–Crippen MR) is 96.7 cm³/mol. The van der Waals surface area contributed by atoms with Crippen molar-refractivity contribution >= 4 is 23.6 Å². The summed E-state index contributed by atoms with van der Waals surface area (Å²) in [4.78, 5) is 40.2. The van der Waals surface area contributed by atoms with Crippen molar-refractivity contribution in [2.24, 2.45) is 5.92 Å². The number of benzene rings is 1. The lowest BCUT2D eigenvalue weighted by molar-refractivity contribution is -0.157. The Morgan fingerprint density at radius 2 is 1.88 bits per heavy atom. The number of anilines is 1. The van der Waals surface area contributed by atoms with Gasteiger partial charge in [-0.05, 0) is 44.7 Å². The Balaban J connectivity index is 1.65. The second kappa shape index (κ2) is 7.35. The number of carboxylic acids is 1. The topological polar surface area (TPSA) is 90.0 Å². The Labute approximate surface area is 153 Å². The standard InChI is InChI=1S/C19H25N3O4/c1-19(17(24)25)10-6-12-22(19)16(23)14-7-5-11-21(13-14)18(26)20-15-8-3-2-4-9-15/h2-4,8-9,14H,5-7,10-13H2,1H3,(H,20,26)(H,24,25). The molecule has 0 bridgehead atoms. The molecule has 0 aromatic heterocycles. The van der Waals surface area contributed by atoms with Crippen molar-refractivity contribution < 1.29 is 19.5 Å². The van der Waals surface area contributed by atoms with Crippen LogP contribution in [-0.4, -0.2) is 58.0 Å². The van der Waals surface area contributed by atoms with Gasteiger partial charge in [-0.2, -0.15) is 0 Å².